The number of hydrogen-bond acceptors (Lipinski definition) is 7. The zero-order chi connectivity index (χ0) is 15.2. The Balaban J connectivity index is 1.64. The Kier molecular flexibility index (Phi) is 2.59. The molecule has 0 radical (unpaired) electrons. The van der Waals surface area contributed by atoms with E-state index >= 15 is 0 Å². The third-order valence-electron chi connectivity index (χ3n) is 3.53. The number of pyridine rings is 1. The van der Waals surface area contributed by atoms with Crippen molar-refractivity contribution in [1.82, 2.24) is 24.8 Å². The van der Waals surface area contributed by atoms with Gasteiger partial charge >= 0.3 is 0 Å². The Hall–Kier alpha value is -3.00. The fourth-order valence-electron chi connectivity index (χ4n) is 2.44. The maximum atomic E-state index is 5.42. The minimum Gasteiger partial charge on any atom is -0.454 e. The third-order valence-corrected chi connectivity index (χ3v) is 4.48. The molecular formula is C15H9N5O2S. The molecule has 23 heavy (non-hydrogen) atoms. The smallest absolute Gasteiger partial charge is 0.235 e. The van der Waals surface area contributed by atoms with Gasteiger partial charge in [-0.05, 0) is 30.3 Å². The summed E-state index contributed by atoms with van der Waals surface area (Å²) in [6.45, 7) is 0.246. The van der Waals surface area contributed by atoms with Gasteiger partial charge in [0.05, 0.1) is 0 Å². The van der Waals surface area contributed by atoms with E-state index in [0.29, 0.717) is 11.6 Å². The largest absolute Gasteiger partial charge is 0.454 e. The van der Waals surface area contributed by atoms with Crippen LogP contribution in [0.5, 0.6) is 11.5 Å². The van der Waals surface area contributed by atoms with Gasteiger partial charge < -0.3 is 9.47 Å². The lowest BCUT2D eigenvalue weighted by molar-refractivity contribution is 0.174. The molecule has 0 saturated heterocycles. The number of hydrogen-bond donors (Lipinski definition) is 0. The average Bonchev–Trinajstić information content (AvgIpc) is 3.30. The normalized spacial score (nSPS) is 12.9. The standard InChI is InChI=1S/C15H9N5O2S/c1-2-10(7-16-5-1)14-19-20-13(17-18-15(20)23-14)9-3-4-11-12(6-9)22-8-21-11/h1-7H,8H2. The summed E-state index contributed by atoms with van der Waals surface area (Å²) in [5.41, 5.74) is 1.84. The summed E-state index contributed by atoms with van der Waals surface area (Å²) in [6.07, 6.45) is 3.52. The lowest BCUT2D eigenvalue weighted by Gasteiger charge is -1.99. The highest BCUT2D eigenvalue weighted by atomic mass is 32.1. The van der Waals surface area contributed by atoms with E-state index in [1.807, 2.05) is 30.3 Å². The van der Waals surface area contributed by atoms with Crippen LogP contribution in [-0.4, -0.2) is 31.6 Å². The molecule has 8 heteroatoms. The van der Waals surface area contributed by atoms with Crippen LogP contribution in [0.4, 0.5) is 0 Å². The molecule has 0 atom stereocenters. The number of aromatic nitrogens is 5. The van der Waals surface area contributed by atoms with Crippen molar-refractivity contribution in [2.75, 3.05) is 6.79 Å². The van der Waals surface area contributed by atoms with Crippen molar-refractivity contribution in [1.29, 1.82) is 0 Å². The monoisotopic (exact) mass is 323 g/mol. The quantitative estimate of drug-likeness (QED) is 0.564. The number of benzene rings is 1. The first-order valence-corrected chi connectivity index (χ1v) is 7.73. The van der Waals surface area contributed by atoms with E-state index in [0.717, 1.165) is 26.8 Å². The molecule has 5 rings (SSSR count). The van der Waals surface area contributed by atoms with Crippen LogP contribution in [-0.2, 0) is 0 Å². The van der Waals surface area contributed by atoms with Crippen molar-refractivity contribution in [3.63, 3.8) is 0 Å². The molecule has 0 bridgehead atoms. The summed E-state index contributed by atoms with van der Waals surface area (Å²) < 4.78 is 12.5. The Morgan fingerprint density at radius 1 is 1.04 bits per heavy atom. The summed E-state index contributed by atoms with van der Waals surface area (Å²) in [5, 5.41) is 13.9. The van der Waals surface area contributed by atoms with Gasteiger partial charge in [-0.3, -0.25) is 4.98 Å². The predicted octanol–water partition coefficient (Wildman–Crippen LogP) is 2.64. The second kappa shape index (κ2) is 4.75. The zero-order valence-corrected chi connectivity index (χ0v) is 12.5. The Bertz CT molecular complexity index is 1010. The summed E-state index contributed by atoms with van der Waals surface area (Å²) >= 11 is 1.47. The summed E-state index contributed by atoms with van der Waals surface area (Å²) in [5.74, 6) is 2.12. The molecule has 1 aliphatic rings. The van der Waals surface area contributed by atoms with E-state index < -0.39 is 0 Å². The molecule has 4 aromatic rings. The molecule has 0 fully saturated rings. The highest BCUT2D eigenvalue weighted by Crippen LogP contribution is 2.36. The van der Waals surface area contributed by atoms with Gasteiger partial charge in [0.25, 0.3) is 0 Å². The number of ether oxygens (including phenoxy) is 2. The van der Waals surface area contributed by atoms with Gasteiger partial charge in [-0.1, -0.05) is 11.3 Å². The van der Waals surface area contributed by atoms with Gasteiger partial charge in [0.15, 0.2) is 17.3 Å². The fraction of sp³-hybridized carbons (Fsp3) is 0.0667. The molecule has 0 unspecified atom stereocenters. The Morgan fingerprint density at radius 3 is 2.91 bits per heavy atom. The SMILES string of the molecule is c1cncc(-c2nn3c(-c4ccc5c(c4)OCO5)nnc3s2)c1. The molecule has 0 amide bonds. The topological polar surface area (TPSA) is 74.4 Å². The third kappa shape index (κ3) is 1.95. The van der Waals surface area contributed by atoms with Gasteiger partial charge in [-0.2, -0.15) is 9.61 Å². The van der Waals surface area contributed by atoms with E-state index in [2.05, 4.69) is 20.3 Å². The average molecular weight is 323 g/mol. The first kappa shape index (κ1) is 12.5. The second-order valence-corrected chi connectivity index (χ2v) is 5.89. The van der Waals surface area contributed by atoms with Gasteiger partial charge in [-0.15, -0.1) is 10.2 Å². The molecule has 0 aliphatic carbocycles. The lowest BCUT2D eigenvalue weighted by Crippen LogP contribution is -1.93. The predicted molar refractivity (Wildman–Crippen MR) is 83.4 cm³/mol. The highest BCUT2D eigenvalue weighted by molar-refractivity contribution is 7.19. The van der Waals surface area contributed by atoms with Gasteiger partial charge in [-0.25, -0.2) is 0 Å². The van der Waals surface area contributed by atoms with E-state index in [1.54, 1.807) is 16.9 Å². The summed E-state index contributed by atoms with van der Waals surface area (Å²) in [6, 6.07) is 9.54. The molecule has 0 spiro atoms. The van der Waals surface area contributed by atoms with Crippen molar-refractivity contribution in [2.45, 2.75) is 0 Å². The Labute approximate surface area is 134 Å². The molecule has 112 valence electrons. The maximum absolute atomic E-state index is 5.42. The van der Waals surface area contributed by atoms with Crippen LogP contribution in [0.25, 0.3) is 26.9 Å². The molecular weight excluding hydrogens is 314 g/mol. The fourth-order valence-corrected chi connectivity index (χ4v) is 3.27. The van der Waals surface area contributed by atoms with Crippen molar-refractivity contribution in [3.05, 3.63) is 42.7 Å². The molecule has 7 nitrogen and oxygen atoms in total. The van der Waals surface area contributed by atoms with Crippen LogP contribution in [0.3, 0.4) is 0 Å². The van der Waals surface area contributed by atoms with Crippen molar-refractivity contribution >= 4 is 16.3 Å². The number of fused-ring (bicyclic) bond motifs is 2. The lowest BCUT2D eigenvalue weighted by atomic mass is 10.2. The van der Waals surface area contributed by atoms with Crippen LogP contribution in [0.1, 0.15) is 0 Å². The number of rotatable bonds is 2. The maximum Gasteiger partial charge on any atom is 0.235 e. The van der Waals surface area contributed by atoms with Crippen LogP contribution in [0.2, 0.25) is 0 Å². The van der Waals surface area contributed by atoms with E-state index in [4.69, 9.17) is 9.47 Å². The van der Waals surface area contributed by atoms with Gasteiger partial charge in [0.2, 0.25) is 11.8 Å². The molecule has 1 aliphatic heterocycles. The molecule has 3 aromatic heterocycles. The van der Waals surface area contributed by atoms with Crippen LogP contribution in [0.15, 0.2) is 42.7 Å². The summed E-state index contributed by atoms with van der Waals surface area (Å²) in [7, 11) is 0. The summed E-state index contributed by atoms with van der Waals surface area (Å²) in [4.78, 5) is 4.86. The minimum absolute atomic E-state index is 0.246. The second-order valence-electron chi connectivity index (χ2n) is 4.93. The van der Waals surface area contributed by atoms with Crippen LogP contribution in [0, 0.1) is 0 Å². The van der Waals surface area contributed by atoms with E-state index in [-0.39, 0.29) is 6.79 Å². The molecule has 0 saturated carbocycles. The first-order chi connectivity index (χ1) is 11.4. The van der Waals surface area contributed by atoms with Gasteiger partial charge in [0.1, 0.15) is 5.01 Å². The van der Waals surface area contributed by atoms with Crippen molar-refractivity contribution in [2.24, 2.45) is 0 Å². The van der Waals surface area contributed by atoms with Crippen molar-refractivity contribution < 1.29 is 9.47 Å². The van der Waals surface area contributed by atoms with Gasteiger partial charge in [0, 0.05) is 23.5 Å². The molecule has 0 N–H and O–H groups in total. The highest BCUT2D eigenvalue weighted by Gasteiger charge is 2.18. The van der Waals surface area contributed by atoms with E-state index in [1.165, 1.54) is 11.3 Å². The molecule has 4 heterocycles. The van der Waals surface area contributed by atoms with Crippen molar-refractivity contribution in [3.8, 4) is 33.5 Å². The molecule has 1 aromatic carbocycles. The zero-order valence-electron chi connectivity index (χ0n) is 11.7. The van der Waals surface area contributed by atoms with Crippen LogP contribution < -0.4 is 9.47 Å². The van der Waals surface area contributed by atoms with E-state index in [9.17, 15) is 0 Å². The number of nitrogens with zero attached hydrogens (tertiary/aromatic N) is 5. The minimum atomic E-state index is 0.246. The van der Waals surface area contributed by atoms with Crippen LogP contribution >= 0.6 is 11.3 Å². The Morgan fingerprint density at radius 2 is 2.00 bits per heavy atom. The first-order valence-electron chi connectivity index (χ1n) is 6.91.